The monoisotopic (exact) mass is 817 g/mol. The van der Waals surface area contributed by atoms with Crippen molar-refractivity contribution in [1.29, 1.82) is 0 Å². The Bertz CT molecular complexity index is 1700. The minimum atomic E-state index is -0.607. The van der Waals surface area contributed by atoms with Gasteiger partial charge >= 0.3 is 11.9 Å². The van der Waals surface area contributed by atoms with Crippen molar-refractivity contribution in [1.82, 2.24) is 10.6 Å². The van der Waals surface area contributed by atoms with Gasteiger partial charge in [-0.05, 0) is 80.2 Å². The predicted octanol–water partition coefficient (Wildman–Crippen LogP) is 8.40. The quantitative estimate of drug-likeness (QED) is 0.161. The molecule has 2 aliphatic carbocycles. The molecule has 8 atom stereocenters. The average molecular weight is 817 g/mol. The number of esters is 2. The molecule has 0 bridgehead atoms. The van der Waals surface area contributed by atoms with Crippen LogP contribution in [0.2, 0.25) is 0 Å². The molecule has 2 aromatic rings. The maximum Gasteiger partial charge on any atom is 0.309 e. The summed E-state index contributed by atoms with van der Waals surface area (Å²) < 4.78 is 10.7. The summed E-state index contributed by atoms with van der Waals surface area (Å²) in [6, 6.07) is 19.4. The highest BCUT2D eigenvalue weighted by Gasteiger charge is 2.55. The van der Waals surface area contributed by atoms with Crippen molar-refractivity contribution in [2.24, 2.45) is 71.0 Å². The molecule has 0 saturated heterocycles. The number of carbonyl (C=O) groups is 6. The Balaban J connectivity index is 0.000000317. The highest BCUT2D eigenvalue weighted by Crippen LogP contribution is 2.49. The van der Waals surface area contributed by atoms with Gasteiger partial charge in [0.15, 0.2) is 0 Å². The first-order valence-corrected chi connectivity index (χ1v) is 21.7. The first kappa shape index (κ1) is 49.0. The molecule has 6 unspecified atom stereocenters. The molecule has 0 radical (unpaired) electrons. The number of hydrogen-bond acceptors (Lipinski definition) is 8. The standard InChI is InChI=1S/C26H39NO4.C23H33NO4/c1-16(2)13-21(28)23-19(24(29)27-15-18-11-9-8-10-12-18)14-20(22(23)17(3)4)25(30)31-26(5,6)7;1-14(2)11-19(25)21-17(12-18(23(27)28-5)20(21)15(3)4)22(26)24-13-16-9-7-6-8-10-16/h8-12,16-17,19-20,22-23H,13-15H2,1-7H3,(H,27,29);6-10,14-15,17-18,20-21H,11-13H2,1-5H3,(H,24,26)/t19?,20?,22-,23?;17?,18?,20-,21?/m00/s1. The van der Waals surface area contributed by atoms with E-state index in [4.69, 9.17) is 9.47 Å². The Labute approximate surface area is 353 Å². The molecule has 10 heteroatoms. The molecule has 0 spiro atoms. The molecular weight excluding hydrogens is 745 g/mol. The van der Waals surface area contributed by atoms with E-state index >= 15 is 0 Å². The molecular formula is C49H72N2O8. The maximum atomic E-state index is 13.3. The molecule has 2 N–H and O–H groups in total. The smallest absolute Gasteiger partial charge is 0.309 e. The Morgan fingerprint density at radius 3 is 1.24 bits per heavy atom. The SMILES string of the molecule is CC(C)CC(=O)C1C(C(=O)NCc2ccccc2)CC(C(=O)OC(C)(C)C)[C@@H]1C(C)C.COC(=O)C1CC(C(=O)NCc2ccccc2)C(C(=O)CC(C)C)[C@H]1C(C)C. The van der Waals surface area contributed by atoms with Gasteiger partial charge in [0.1, 0.15) is 17.2 Å². The van der Waals surface area contributed by atoms with Crippen LogP contribution in [0.4, 0.5) is 0 Å². The van der Waals surface area contributed by atoms with Crippen LogP contribution in [0.3, 0.4) is 0 Å². The number of ketones is 2. The van der Waals surface area contributed by atoms with E-state index in [1.54, 1.807) is 0 Å². The van der Waals surface area contributed by atoms with Gasteiger partial charge in [0, 0.05) is 49.6 Å². The maximum absolute atomic E-state index is 13.3. The third-order valence-electron chi connectivity index (χ3n) is 11.6. The first-order valence-electron chi connectivity index (χ1n) is 21.7. The van der Waals surface area contributed by atoms with Crippen LogP contribution in [0.15, 0.2) is 60.7 Å². The highest BCUT2D eigenvalue weighted by atomic mass is 16.6. The van der Waals surface area contributed by atoms with Crippen molar-refractivity contribution in [3.05, 3.63) is 71.8 Å². The molecule has 2 aliphatic rings. The zero-order valence-corrected chi connectivity index (χ0v) is 37.7. The van der Waals surface area contributed by atoms with E-state index < -0.39 is 41.1 Å². The lowest BCUT2D eigenvalue weighted by Crippen LogP contribution is -2.39. The fraction of sp³-hybridized carbons (Fsp3) is 0.633. The van der Waals surface area contributed by atoms with Crippen LogP contribution in [0.25, 0.3) is 0 Å². The number of rotatable bonds is 16. The minimum absolute atomic E-state index is 0.0830. The third kappa shape index (κ3) is 14.1. The van der Waals surface area contributed by atoms with E-state index in [2.05, 4.69) is 10.6 Å². The van der Waals surface area contributed by atoms with Crippen molar-refractivity contribution in [2.75, 3.05) is 7.11 Å². The van der Waals surface area contributed by atoms with Gasteiger partial charge in [-0.3, -0.25) is 28.8 Å². The van der Waals surface area contributed by atoms with Gasteiger partial charge in [0.05, 0.1) is 18.9 Å². The second kappa shape index (κ2) is 22.3. The van der Waals surface area contributed by atoms with Gasteiger partial charge in [-0.1, -0.05) is 116 Å². The summed E-state index contributed by atoms with van der Waals surface area (Å²) in [5.74, 6) is -3.30. The van der Waals surface area contributed by atoms with Crippen LogP contribution in [-0.2, 0) is 51.3 Å². The Kier molecular flexibility index (Phi) is 18.5. The van der Waals surface area contributed by atoms with Gasteiger partial charge in [-0.2, -0.15) is 0 Å². The van der Waals surface area contributed by atoms with Crippen LogP contribution in [0.5, 0.6) is 0 Å². The zero-order valence-electron chi connectivity index (χ0n) is 37.7. The van der Waals surface area contributed by atoms with Crippen molar-refractivity contribution in [3.63, 3.8) is 0 Å². The molecule has 2 amide bonds. The van der Waals surface area contributed by atoms with Crippen LogP contribution in [-0.4, -0.2) is 48.0 Å². The summed E-state index contributed by atoms with van der Waals surface area (Å²) >= 11 is 0. The lowest BCUT2D eigenvalue weighted by Gasteiger charge is -2.30. The van der Waals surface area contributed by atoms with Gasteiger partial charge < -0.3 is 20.1 Å². The molecule has 0 aromatic heterocycles. The number of benzene rings is 2. The number of methoxy groups -OCH3 is 1. The first-order chi connectivity index (χ1) is 27.7. The second-order valence-electron chi connectivity index (χ2n) is 19.2. The summed E-state index contributed by atoms with van der Waals surface area (Å²) in [5.41, 5.74) is 1.40. The fourth-order valence-electron chi connectivity index (χ4n) is 9.31. The lowest BCUT2D eigenvalue weighted by molar-refractivity contribution is -0.162. The van der Waals surface area contributed by atoms with E-state index in [9.17, 15) is 28.8 Å². The molecule has 0 heterocycles. The summed E-state index contributed by atoms with van der Waals surface area (Å²) in [4.78, 5) is 78.1. The molecule has 2 saturated carbocycles. The molecule has 2 aromatic carbocycles. The predicted molar refractivity (Wildman–Crippen MR) is 230 cm³/mol. The van der Waals surface area contributed by atoms with Crippen LogP contribution in [0.1, 0.15) is 113 Å². The summed E-state index contributed by atoms with van der Waals surface area (Å²) in [6.45, 7) is 22.5. The van der Waals surface area contributed by atoms with Gasteiger partial charge in [0.25, 0.3) is 0 Å². The fourth-order valence-corrected chi connectivity index (χ4v) is 9.31. The van der Waals surface area contributed by atoms with E-state index in [1.165, 1.54) is 7.11 Å². The van der Waals surface area contributed by atoms with E-state index in [0.29, 0.717) is 38.8 Å². The number of hydrogen-bond donors (Lipinski definition) is 2. The Hall–Kier alpha value is -4.34. The van der Waals surface area contributed by atoms with Crippen molar-refractivity contribution in [2.45, 2.75) is 121 Å². The molecule has 2 fully saturated rings. The molecule has 0 aliphatic heterocycles. The third-order valence-corrected chi connectivity index (χ3v) is 11.6. The highest BCUT2D eigenvalue weighted by molar-refractivity contribution is 5.92. The van der Waals surface area contributed by atoms with Crippen molar-refractivity contribution in [3.8, 4) is 0 Å². The summed E-state index contributed by atoms with van der Waals surface area (Å²) in [5, 5.41) is 5.98. The topological polar surface area (TPSA) is 145 Å². The molecule has 326 valence electrons. The van der Waals surface area contributed by atoms with Gasteiger partial charge in [0.2, 0.25) is 11.8 Å². The van der Waals surface area contributed by atoms with Crippen molar-refractivity contribution >= 4 is 35.3 Å². The number of nitrogens with one attached hydrogen (secondary N) is 2. The van der Waals surface area contributed by atoms with Crippen LogP contribution >= 0.6 is 0 Å². The molecule has 4 rings (SSSR count). The Morgan fingerprint density at radius 2 is 0.932 bits per heavy atom. The van der Waals surface area contributed by atoms with E-state index in [1.807, 2.05) is 137 Å². The lowest BCUT2D eigenvalue weighted by atomic mass is 9.75. The number of Topliss-reactive ketones (excluding diaryl/α,β-unsaturated/α-hetero) is 2. The second-order valence-corrected chi connectivity index (χ2v) is 19.2. The van der Waals surface area contributed by atoms with E-state index in [-0.39, 0.29) is 70.8 Å². The largest absolute Gasteiger partial charge is 0.469 e. The van der Waals surface area contributed by atoms with Crippen LogP contribution < -0.4 is 10.6 Å². The molecule has 59 heavy (non-hydrogen) atoms. The minimum Gasteiger partial charge on any atom is -0.469 e. The Morgan fingerprint density at radius 1 is 0.576 bits per heavy atom. The van der Waals surface area contributed by atoms with Gasteiger partial charge in [-0.15, -0.1) is 0 Å². The summed E-state index contributed by atoms with van der Waals surface area (Å²) in [7, 11) is 1.37. The number of carbonyl (C=O) groups excluding carboxylic acids is 6. The number of ether oxygens (including phenoxy) is 2. The van der Waals surface area contributed by atoms with E-state index in [0.717, 1.165) is 11.1 Å². The van der Waals surface area contributed by atoms with Crippen LogP contribution in [0, 0.1) is 71.0 Å². The molecule has 10 nitrogen and oxygen atoms in total. The summed E-state index contributed by atoms with van der Waals surface area (Å²) in [6.07, 6.45) is 1.55. The average Bonchev–Trinajstić information content (AvgIpc) is 3.77. The number of amides is 2. The normalized spacial score (nSPS) is 24.1. The van der Waals surface area contributed by atoms with Crippen molar-refractivity contribution < 1.29 is 38.2 Å². The van der Waals surface area contributed by atoms with Gasteiger partial charge in [-0.25, -0.2) is 0 Å². The zero-order chi connectivity index (χ0) is 44.2.